The molecule has 0 aromatic heterocycles. The third kappa shape index (κ3) is 4.56. The molecule has 30 heavy (non-hydrogen) atoms. The zero-order valence-electron chi connectivity index (χ0n) is 15.9. The summed E-state index contributed by atoms with van der Waals surface area (Å²) in [4.78, 5) is 23.7. The first-order valence-corrected chi connectivity index (χ1v) is 9.33. The third-order valence-corrected chi connectivity index (χ3v) is 4.51. The molecule has 0 saturated carbocycles. The van der Waals surface area contributed by atoms with Crippen LogP contribution in [0.2, 0.25) is 0 Å². The second-order valence-corrected chi connectivity index (χ2v) is 6.61. The Kier molecular flexibility index (Phi) is 5.57. The molecule has 0 aliphatic heterocycles. The van der Waals surface area contributed by atoms with E-state index in [1.807, 2.05) is 84.9 Å². The maximum atomic E-state index is 11.9. The number of amides is 2. The second kappa shape index (κ2) is 8.79. The van der Waals surface area contributed by atoms with E-state index in [-0.39, 0.29) is 0 Å². The van der Waals surface area contributed by atoms with Gasteiger partial charge in [0.25, 0.3) is 0 Å². The van der Waals surface area contributed by atoms with Crippen LogP contribution in [0.4, 0.5) is 0 Å². The zero-order valence-corrected chi connectivity index (χ0v) is 15.9. The average Bonchev–Trinajstić information content (AvgIpc) is 2.78. The van der Waals surface area contributed by atoms with E-state index in [0.717, 1.165) is 32.7 Å². The lowest BCUT2D eigenvalue weighted by atomic mass is 10.1. The first kappa shape index (κ1) is 19.0. The molecule has 2 amide bonds. The molecule has 4 rings (SSSR count). The van der Waals surface area contributed by atoms with Crippen molar-refractivity contribution < 1.29 is 9.59 Å². The molecular formula is C24H18N4O2. The summed E-state index contributed by atoms with van der Waals surface area (Å²) in [6, 6.07) is 27.4. The van der Waals surface area contributed by atoms with Crippen LogP contribution < -0.4 is 10.9 Å². The summed E-state index contributed by atoms with van der Waals surface area (Å²) in [6.07, 6.45) is 2.96. The summed E-state index contributed by atoms with van der Waals surface area (Å²) in [5.41, 5.74) is 6.01. The van der Waals surface area contributed by atoms with Gasteiger partial charge >= 0.3 is 11.8 Å². The number of hydrogen-bond acceptors (Lipinski definition) is 4. The maximum absolute atomic E-state index is 11.9. The first-order chi connectivity index (χ1) is 14.7. The lowest BCUT2D eigenvalue weighted by Gasteiger charge is -2.01. The fraction of sp³-hybridized carbons (Fsp3) is 0. The van der Waals surface area contributed by atoms with Crippen molar-refractivity contribution in [1.29, 1.82) is 0 Å². The van der Waals surface area contributed by atoms with Gasteiger partial charge in [-0.3, -0.25) is 9.59 Å². The van der Waals surface area contributed by atoms with Crippen molar-refractivity contribution in [3.8, 4) is 0 Å². The van der Waals surface area contributed by atoms with Crippen LogP contribution in [0.5, 0.6) is 0 Å². The number of hydrazone groups is 2. The van der Waals surface area contributed by atoms with E-state index < -0.39 is 11.8 Å². The van der Waals surface area contributed by atoms with Crippen molar-refractivity contribution in [2.24, 2.45) is 10.2 Å². The van der Waals surface area contributed by atoms with Crippen LogP contribution in [0.25, 0.3) is 21.5 Å². The Morgan fingerprint density at radius 1 is 0.567 bits per heavy atom. The number of benzene rings is 4. The van der Waals surface area contributed by atoms with E-state index >= 15 is 0 Å². The Morgan fingerprint density at radius 3 is 1.40 bits per heavy atom. The molecule has 0 aliphatic carbocycles. The molecule has 0 heterocycles. The van der Waals surface area contributed by atoms with Crippen molar-refractivity contribution in [2.45, 2.75) is 0 Å². The standard InChI is InChI=1S/C24H18N4O2/c29-23(27-25-15-17-9-11-19-5-1-3-7-21(19)13-17)24(30)28-26-16-18-10-12-20-6-2-4-8-22(20)14-18/h1-16H,(H,27,29)(H,28,30)/b25-15-,26-16-. The minimum absolute atomic E-state index is 0.809. The highest BCUT2D eigenvalue weighted by Crippen LogP contribution is 2.15. The zero-order chi connectivity index (χ0) is 20.8. The van der Waals surface area contributed by atoms with E-state index in [4.69, 9.17) is 0 Å². The van der Waals surface area contributed by atoms with Gasteiger partial charge in [-0.05, 0) is 44.8 Å². The van der Waals surface area contributed by atoms with E-state index in [9.17, 15) is 9.59 Å². The van der Waals surface area contributed by atoms with E-state index in [1.54, 1.807) is 0 Å². The number of carbonyl (C=O) groups is 2. The number of nitrogens with one attached hydrogen (secondary N) is 2. The third-order valence-electron chi connectivity index (χ3n) is 4.51. The molecule has 146 valence electrons. The van der Waals surface area contributed by atoms with Gasteiger partial charge < -0.3 is 0 Å². The highest BCUT2D eigenvalue weighted by atomic mass is 16.2. The number of fused-ring (bicyclic) bond motifs is 2. The van der Waals surface area contributed by atoms with Gasteiger partial charge in [0.2, 0.25) is 0 Å². The van der Waals surface area contributed by atoms with E-state index in [0.29, 0.717) is 0 Å². The molecule has 4 aromatic rings. The minimum atomic E-state index is -0.900. The first-order valence-electron chi connectivity index (χ1n) is 9.33. The molecule has 2 N–H and O–H groups in total. The number of carbonyl (C=O) groups excluding carboxylic acids is 2. The SMILES string of the molecule is O=C(N/N=C\c1ccc2ccccc2c1)C(=O)N/N=C\c1ccc2ccccc2c1. The molecule has 0 radical (unpaired) electrons. The molecule has 4 aromatic carbocycles. The lowest BCUT2D eigenvalue weighted by molar-refractivity contribution is -0.139. The Hall–Kier alpha value is -4.32. The highest BCUT2D eigenvalue weighted by molar-refractivity contribution is 6.35. The molecule has 0 aliphatic rings. The quantitative estimate of drug-likeness (QED) is 0.315. The van der Waals surface area contributed by atoms with Gasteiger partial charge in [-0.25, -0.2) is 10.9 Å². The number of hydrogen-bond donors (Lipinski definition) is 2. The van der Waals surface area contributed by atoms with Crippen molar-refractivity contribution >= 4 is 45.8 Å². The van der Waals surface area contributed by atoms with Crippen LogP contribution in [0.15, 0.2) is 95.1 Å². The van der Waals surface area contributed by atoms with Gasteiger partial charge in [-0.2, -0.15) is 10.2 Å². The Labute approximate surface area is 172 Å². The summed E-state index contributed by atoms with van der Waals surface area (Å²) < 4.78 is 0. The Balaban J connectivity index is 1.32. The molecule has 0 spiro atoms. The fourth-order valence-electron chi connectivity index (χ4n) is 3.01. The molecule has 6 heteroatoms. The molecule has 0 saturated heterocycles. The molecule has 0 fully saturated rings. The van der Waals surface area contributed by atoms with Crippen LogP contribution in [0, 0.1) is 0 Å². The minimum Gasteiger partial charge on any atom is -0.262 e. The van der Waals surface area contributed by atoms with Gasteiger partial charge in [-0.1, -0.05) is 72.8 Å². The summed E-state index contributed by atoms with van der Waals surface area (Å²) in [5, 5.41) is 12.0. The summed E-state index contributed by atoms with van der Waals surface area (Å²) in [7, 11) is 0. The number of nitrogens with zero attached hydrogens (tertiary/aromatic N) is 2. The van der Waals surface area contributed by atoms with Crippen LogP contribution in [-0.2, 0) is 9.59 Å². The fourth-order valence-corrected chi connectivity index (χ4v) is 3.01. The van der Waals surface area contributed by atoms with Crippen LogP contribution in [0.1, 0.15) is 11.1 Å². The molecule has 0 atom stereocenters. The van der Waals surface area contributed by atoms with Crippen molar-refractivity contribution in [2.75, 3.05) is 0 Å². The molecule has 0 unspecified atom stereocenters. The monoisotopic (exact) mass is 394 g/mol. The second-order valence-electron chi connectivity index (χ2n) is 6.61. The lowest BCUT2D eigenvalue weighted by Crippen LogP contribution is -2.35. The van der Waals surface area contributed by atoms with Crippen molar-refractivity contribution in [1.82, 2.24) is 10.9 Å². The summed E-state index contributed by atoms with van der Waals surface area (Å²) in [6.45, 7) is 0. The average molecular weight is 394 g/mol. The van der Waals surface area contributed by atoms with Crippen LogP contribution in [-0.4, -0.2) is 24.2 Å². The summed E-state index contributed by atoms with van der Waals surface area (Å²) in [5.74, 6) is -1.80. The predicted octanol–water partition coefficient (Wildman–Crippen LogP) is 3.59. The Morgan fingerprint density at radius 2 is 0.967 bits per heavy atom. The summed E-state index contributed by atoms with van der Waals surface area (Å²) >= 11 is 0. The normalized spacial score (nSPS) is 11.3. The predicted molar refractivity (Wildman–Crippen MR) is 119 cm³/mol. The van der Waals surface area contributed by atoms with Gasteiger partial charge in [0, 0.05) is 0 Å². The van der Waals surface area contributed by atoms with Crippen LogP contribution in [0.3, 0.4) is 0 Å². The van der Waals surface area contributed by atoms with Gasteiger partial charge in [-0.15, -0.1) is 0 Å². The molecule has 6 nitrogen and oxygen atoms in total. The Bertz CT molecular complexity index is 1190. The largest absolute Gasteiger partial charge is 0.331 e. The van der Waals surface area contributed by atoms with Gasteiger partial charge in [0.15, 0.2) is 0 Å². The maximum Gasteiger partial charge on any atom is 0.331 e. The highest BCUT2D eigenvalue weighted by Gasteiger charge is 2.11. The van der Waals surface area contributed by atoms with Gasteiger partial charge in [0.05, 0.1) is 12.4 Å². The number of rotatable bonds is 4. The van der Waals surface area contributed by atoms with E-state index in [1.165, 1.54) is 12.4 Å². The van der Waals surface area contributed by atoms with Crippen molar-refractivity contribution in [3.63, 3.8) is 0 Å². The molecule has 0 bridgehead atoms. The molecular weight excluding hydrogens is 376 g/mol. The van der Waals surface area contributed by atoms with Crippen LogP contribution >= 0.6 is 0 Å². The van der Waals surface area contributed by atoms with Gasteiger partial charge in [0.1, 0.15) is 0 Å². The smallest absolute Gasteiger partial charge is 0.262 e. The van der Waals surface area contributed by atoms with E-state index in [2.05, 4.69) is 21.1 Å². The topological polar surface area (TPSA) is 82.9 Å². The van der Waals surface area contributed by atoms with Crippen molar-refractivity contribution in [3.05, 3.63) is 96.1 Å².